The molecule has 2 aromatic rings. The van der Waals surface area contributed by atoms with Crippen LogP contribution in [-0.2, 0) is 20.9 Å². The lowest BCUT2D eigenvalue weighted by Crippen LogP contribution is -2.45. The summed E-state index contributed by atoms with van der Waals surface area (Å²) >= 11 is 1.11. The Hall–Kier alpha value is -3.60. The Bertz CT molecular complexity index is 1060. The zero-order valence-corrected chi connectivity index (χ0v) is 20.6. The lowest BCUT2D eigenvalue weighted by Gasteiger charge is -2.31. The summed E-state index contributed by atoms with van der Waals surface area (Å²) in [6.07, 6.45) is 1.96. The molecule has 0 fully saturated rings. The third kappa shape index (κ3) is 9.28. The highest BCUT2D eigenvalue weighted by Gasteiger charge is 2.43. The molecule has 35 heavy (non-hydrogen) atoms. The van der Waals surface area contributed by atoms with Crippen molar-refractivity contribution in [3.8, 4) is 0 Å². The first-order valence-electron chi connectivity index (χ1n) is 10.9. The second kappa shape index (κ2) is 12.7. The number of hydrogen-bond acceptors (Lipinski definition) is 8. The molecule has 2 rings (SSSR count). The number of nitrogens with zero attached hydrogens (tertiary/aromatic N) is 2. The number of aliphatic carboxylic acids is 1. The van der Waals surface area contributed by atoms with E-state index >= 15 is 0 Å². The summed E-state index contributed by atoms with van der Waals surface area (Å²) in [5.74, 6) is -1.81. The fourth-order valence-electron chi connectivity index (χ4n) is 3.05. The number of rotatable bonds is 12. The van der Waals surface area contributed by atoms with E-state index in [9.17, 15) is 24.3 Å². The van der Waals surface area contributed by atoms with Gasteiger partial charge in [-0.25, -0.2) is 19.4 Å². The Balaban J connectivity index is 1.78. The van der Waals surface area contributed by atoms with Crippen molar-refractivity contribution in [3.63, 3.8) is 0 Å². The molecule has 0 unspecified atom stereocenters. The number of carbonyl (C=O) groups excluding carboxylic acids is 3. The van der Waals surface area contributed by atoms with Crippen molar-refractivity contribution in [3.05, 3.63) is 47.0 Å². The molecule has 0 aliphatic heterocycles. The van der Waals surface area contributed by atoms with Crippen molar-refractivity contribution in [2.24, 2.45) is 4.99 Å². The van der Waals surface area contributed by atoms with E-state index in [4.69, 9.17) is 4.74 Å². The number of urea groups is 1. The first-order chi connectivity index (χ1) is 16.5. The van der Waals surface area contributed by atoms with E-state index in [1.807, 2.05) is 30.3 Å². The van der Waals surface area contributed by atoms with Crippen LogP contribution < -0.4 is 16.0 Å². The van der Waals surface area contributed by atoms with Crippen LogP contribution in [0.3, 0.4) is 0 Å². The van der Waals surface area contributed by atoms with Gasteiger partial charge in [0.1, 0.15) is 5.69 Å². The molecule has 0 radical (unpaired) electrons. The van der Waals surface area contributed by atoms with Gasteiger partial charge in [-0.15, -0.1) is 11.3 Å². The quantitative estimate of drug-likeness (QED) is 0.196. The van der Waals surface area contributed by atoms with E-state index in [0.717, 1.165) is 16.9 Å². The highest BCUT2D eigenvalue weighted by molar-refractivity contribution is 7.14. The van der Waals surface area contributed by atoms with E-state index in [0.29, 0.717) is 19.4 Å². The van der Waals surface area contributed by atoms with E-state index in [1.54, 1.807) is 20.8 Å². The summed E-state index contributed by atoms with van der Waals surface area (Å²) in [6.45, 7) is 5.58. The molecular formula is C23H29N5O6S. The Labute approximate surface area is 207 Å². The van der Waals surface area contributed by atoms with Crippen LogP contribution in [-0.4, -0.2) is 51.9 Å². The molecule has 12 heteroatoms. The van der Waals surface area contributed by atoms with Gasteiger partial charge in [0, 0.05) is 24.9 Å². The molecular weight excluding hydrogens is 474 g/mol. The van der Waals surface area contributed by atoms with Crippen molar-refractivity contribution in [2.45, 2.75) is 57.9 Å². The number of carboxylic acids is 1. The molecule has 188 valence electrons. The van der Waals surface area contributed by atoms with Crippen molar-refractivity contribution < 1.29 is 29.0 Å². The van der Waals surface area contributed by atoms with Gasteiger partial charge in [0.15, 0.2) is 5.13 Å². The molecule has 0 aliphatic carbocycles. The lowest BCUT2D eigenvalue weighted by atomic mass is 10.0. The number of benzene rings is 1. The summed E-state index contributed by atoms with van der Waals surface area (Å²) in [5, 5.41) is 19.3. The van der Waals surface area contributed by atoms with E-state index < -0.39 is 29.2 Å². The first-order valence-corrected chi connectivity index (χ1v) is 11.8. The van der Waals surface area contributed by atoms with Crippen molar-refractivity contribution in [2.75, 3.05) is 11.9 Å². The highest BCUT2D eigenvalue weighted by atomic mass is 32.1. The van der Waals surface area contributed by atoms with Gasteiger partial charge >= 0.3 is 12.0 Å². The summed E-state index contributed by atoms with van der Waals surface area (Å²) in [4.78, 5) is 54.4. The minimum atomic E-state index is -2.03. The third-order valence-electron chi connectivity index (χ3n) is 4.52. The number of unbranched alkanes of at least 4 members (excludes halogenated alkanes) is 1. The van der Waals surface area contributed by atoms with Crippen LogP contribution in [0, 0.1) is 0 Å². The number of aliphatic imine (C=N–C) groups is 1. The van der Waals surface area contributed by atoms with Crippen LogP contribution in [0.4, 0.5) is 9.93 Å². The minimum Gasteiger partial charge on any atom is -0.478 e. The van der Waals surface area contributed by atoms with Gasteiger partial charge in [-0.2, -0.15) is 4.99 Å². The SMILES string of the molecule is CC(C)(C)O[C@](CCCCNC(=O)c1csc(NC(=O)NCc2ccccc2)n1)(N=C=O)C(=O)O. The number of thiazole rings is 1. The maximum atomic E-state index is 12.3. The zero-order chi connectivity index (χ0) is 25.9. The monoisotopic (exact) mass is 503 g/mol. The molecule has 1 aromatic carbocycles. The van der Waals surface area contributed by atoms with Gasteiger partial charge in [0.05, 0.1) is 5.60 Å². The molecule has 0 saturated carbocycles. The fraction of sp³-hybridized carbons (Fsp3) is 0.435. The molecule has 1 atom stereocenters. The maximum absolute atomic E-state index is 12.3. The van der Waals surface area contributed by atoms with Crippen molar-refractivity contribution in [1.82, 2.24) is 15.6 Å². The van der Waals surface area contributed by atoms with Crippen LogP contribution in [0.25, 0.3) is 0 Å². The second-order valence-corrected chi connectivity index (χ2v) is 9.41. The van der Waals surface area contributed by atoms with Crippen LogP contribution in [0.5, 0.6) is 0 Å². The number of hydrogen-bond donors (Lipinski definition) is 4. The molecule has 0 saturated heterocycles. The van der Waals surface area contributed by atoms with Crippen LogP contribution in [0.1, 0.15) is 56.1 Å². The van der Waals surface area contributed by atoms with Crippen LogP contribution >= 0.6 is 11.3 Å². The lowest BCUT2D eigenvalue weighted by molar-refractivity contribution is -0.184. The number of carboxylic acid groups (broad SMARTS) is 1. The van der Waals surface area contributed by atoms with Crippen LogP contribution in [0.15, 0.2) is 40.7 Å². The van der Waals surface area contributed by atoms with Gasteiger partial charge in [0.2, 0.25) is 6.08 Å². The molecule has 3 amide bonds. The Morgan fingerprint density at radius 3 is 2.49 bits per heavy atom. The topological polar surface area (TPSA) is 159 Å². The number of ether oxygens (including phenoxy) is 1. The minimum absolute atomic E-state index is 0.0619. The Kier molecular flexibility index (Phi) is 10.1. The molecule has 0 aliphatic rings. The number of anilines is 1. The normalized spacial score (nSPS) is 12.7. The van der Waals surface area contributed by atoms with Gasteiger partial charge in [-0.1, -0.05) is 30.3 Å². The van der Waals surface area contributed by atoms with Gasteiger partial charge in [-0.3, -0.25) is 10.1 Å². The summed E-state index contributed by atoms with van der Waals surface area (Å²) in [5.41, 5.74) is -1.78. The molecule has 0 spiro atoms. The average Bonchev–Trinajstić information content (AvgIpc) is 3.25. The molecule has 1 heterocycles. The largest absolute Gasteiger partial charge is 0.478 e. The van der Waals surface area contributed by atoms with Crippen LogP contribution in [0.2, 0.25) is 0 Å². The highest BCUT2D eigenvalue weighted by Crippen LogP contribution is 2.27. The fourth-order valence-corrected chi connectivity index (χ4v) is 3.73. The van der Waals surface area contributed by atoms with E-state index in [-0.39, 0.29) is 23.8 Å². The Morgan fingerprint density at radius 1 is 1.14 bits per heavy atom. The zero-order valence-electron chi connectivity index (χ0n) is 19.8. The number of nitrogens with one attached hydrogen (secondary N) is 3. The number of aromatic nitrogens is 1. The van der Waals surface area contributed by atoms with E-state index in [2.05, 4.69) is 25.9 Å². The summed E-state index contributed by atoms with van der Waals surface area (Å²) in [6, 6.07) is 8.98. The third-order valence-corrected chi connectivity index (χ3v) is 5.27. The summed E-state index contributed by atoms with van der Waals surface area (Å²) in [7, 11) is 0. The van der Waals surface area contributed by atoms with Crippen molar-refractivity contribution in [1.29, 1.82) is 0 Å². The maximum Gasteiger partial charge on any atom is 0.360 e. The van der Waals surface area contributed by atoms with Crippen molar-refractivity contribution >= 4 is 40.5 Å². The molecule has 1 aromatic heterocycles. The smallest absolute Gasteiger partial charge is 0.360 e. The Morgan fingerprint density at radius 2 is 1.86 bits per heavy atom. The number of isocyanates is 1. The molecule has 11 nitrogen and oxygen atoms in total. The molecule has 0 bridgehead atoms. The summed E-state index contributed by atoms with van der Waals surface area (Å²) < 4.78 is 5.54. The first kappa shape index (κ1) is 27.6. The standard InChI is InChI=1S/C23H29N5O6S/c1-22(2,3)34-23(19(31)32,26-15-29)11-7-8-12-24-18(30)17-14-35-21(27-17)28-20(33)25-13-16-9-5-4-6-10-16/h4-6,9-10,14H,7-8,11-13H2,1-3H3,(H,24,30)(H,31,32)(H2,25,27,28,33)/t23-/m0/s1. The van der Waals surface area contributed by atoms with E-state index in [1.165, 1.54) is 11.5 Å². The average molecular weight is 504 g/mol. The number of carbonyl (C=O) groups is 3. The predicted octanol–water partition coefficient (Wildman–Crippen LogP) is 3.30. The van der Waals surface area contributed by atoms with Gasteiger partial charge in [-0.05, 0) is 39.2 Å². The van der Waals surface area contributed by atoms with Gasteiger partial charge < -0.3 is 20.5 Å². The second-order valence-electron chi connectivity index (χ2n) is 8.55. The van der Waals surface area contributed by atoms with Gasteiger partial charge in [0.25, 0.3) is 11.6 Å². The predicted molar refractivity (Wildman–Crippen MR) is 130 cm³/mol. The molecule has 4 N–H and O–H groups in total. The number of amides is 3.